The van der Waals surface area contributed by atoms with Crippen molar-refractivity contribution in [2.75, 3.05) is 14.2 Å². The molecule has 0 unspecified atom stereocenters. The van der Waals surface area contributed by atoms with Crippen LogP contribution in [0.25, 0.3) is 43.8 Å². The number of methoxy groups -OCH3 is 2. The molecule has 0 fully saturated rings. The van der Waals surface area contributed by atoms with Gasteiger partial charge in [-0.25, -0.2) is 0 Å². The predicted molar refractivity (Wildman–Crippen MR) is 125 cm³/mol. The first kappa shape index (κ1) is 18.3. The Bertz CT molecular complexity index is 1230. The molecular formula is C28H22O2. The molecule has 0 aromatic heterocycles. The van der Waals surface area contributed by atoms with Crippen molar-refractivity contribution in [3.8, 4) is 33.8 Å². The van der Waals surface area contributed by atoms with Gasteiger partial charge in [0.1, 0.15) is 11.5 Å². The Labute approximate surface area is 176 Å². The number of benzene rings is 5. The molecule has 146 valence electrons. The zero-order chi connectivity index (χ0) is 20.5. The molecule has 2 nitrogen and oxygen atoms in total. The summed E-state index contributed by atoms with van der Waals surface area (Å²) in [4.78, 5) is 0. The van der Waals surface area contributed by atoms with E-state index in [0.29, 0.717) is 0 Å². The molecule has 5 aromatic carbocycles. The second-order valence-corrected chi connectivity index (χ2v) is 7.36. The maximum Gasteiger partial charge on any atom is 0.118 e. The minimum atomic E-state index is 0.867. The fourth-order valence-corrected chi connectivity index (χ4v) is 4.10. The van der Waals surface area contributed by atoms with E-state index in [0.717, 1.165) is 11.5 Å². The molecule has 0 N–H and O–H groups in total. The van der Waals surface area contributed by atoms with Crippen molar-refractivity contribution in [2.24, 2.45) is 0 Å². The van der Waals surface area contributed by atoms with Crippen LogP contribution in [-0.2, 0) is 0 Å². The van der Waals surface area contributed by atoms with Gasteiger partial charge in [-0.2, -0.15) is 0 Å². The Kier molecular flexibility index (Phi) is 4.61. The molecule has 5 rings (SSSR count). The fraction of sp³-hybridized carbons (Fsp3) is 0.0714. The van der Waals surface area contributed by atoms with Gasteiger partial charge in [-0.3, -0.25) is 0 Å². The van der Waals surface area contributed by atoms with E-state index >= 15 is 0 Å². The molecule has 5 aromatic rings. The van der Waals surface area contributed by atoms with Crippen LogP contribution in [0.3, 0.4) is 0 Å². The number of hydrogen-bond acceptors (Lipinski definition) is 2. The lowest BCUT2D eigenvalue weighted by atomic mass is 9.92. The molecule has 0 aliphatic carbocycles. The molecular weight excluding hydrogens is 368 g/mol. The molecule has 0 amide bonds. The third-order valence-corrected chi connectivity index (χ3v) is 5.68. The summed E-state index contributed by atoms with van der Waals surface area (Å²) < 4.78 is 10.6. The molecule has 0 spiro atoms. The van der Waals surface area contributed by atoms with Crippen molar-refractivity contribution in [3.63, 3.8) is 0 Å². The van der Waals surface area contributed by atoms with Gasteiger partial charge in [0.05, 0.1) is 14.2 Å². The van der Waals surface area contributed by atoms with Gasteiger partial charge < -0.3 is 9.47 Å². The summed E-state index contributed by atoms with van der Waals surface area (Å²) in [6.45, 7) is 0. The van der Waals surface area contributed by atoms with Gasteiger partial charge in [0.15, 0.2) is 0 Å². The van der Waals surface area contributed by atoms with Gasteiger partial charge in [-0.05, 0) is 80.2 Å². The highest BCUT2D eigenvalue weighted by Gasteiger charge is 2.09. The van der Waals surface area contributed by atoms with Crippen molar-refractivity contribution in [1.29, 1.82) is 0 Å². The number of ether oxygens (including phenoxy) is 2. The molecule has 30 heavy (non-hydrogen) atoms. The zero-order valence-electron chi connectivity index (χ0n) is 17.1. The summed E-state index contributed by atoms with van der Waals surface area (Å²) in [5, 5.41) is 4.97. The summed E-state index contributed by atoms with van der Waals surface area (Å²) in [5.41, 5.74) is 4.81. The highest BCUT2D eigenvalue weighted by molar-refractivity contribution is 6.09. The third-order valence-electron chi connectivity index (χ3n) is 5.68. The van der Waals surface area contributed by atoms with Gasteiger partial charge in [-0.15, -0.1) is 0 Å². The SMILES string of the molecule is COc1ccc(-c2cccc3cc4cccc(-c5ccc(OC)cc5)c4cc23)cc1. The van der Waals surface area contributed by atoms with Gasteiger partial charge in [-0.1, -0.05) is 60.7 Å². The van der Waals surface area contributed by atoms with E-state index in [1.54, 1.807) is 14.2 Å². The van der Waals surface area contributed by atoms with E-state index in [2.05, 4.69) is 72.8 Å². The molecule has 0 aliphatic heterocycles. The highest BCUT2D eigenvalue weighted by Crippen LogP contribution is 2.36. The fourth-order valence-electron chi connectivity index (χ4n) is 4.10. The first-order valence-corrected chi connectivity index (χ1v) is 10.0. The average molecular weight is 390 g/mol. The van der Waals surface area contributed by atoms with Crippen LogP contribution in [0.2, 0.25) is 0 Å². The van der Waals surface area contributed by atoms with Crippen LogP contribution in [0, 0.1) is 0 Å². The van der Waals surface area contributed by atoms with Crippen LogP contribution >= 0.6 is 0 Å². The Morgan fingerprint density at radius 3 is 1.30 bits per heavy atom. The molecule has 0 bridgehead atoms. The molecule has 0 saturated heterocycles. The lowest BCUT2D eigenvalue weighted by Gasteiger charge is -2.12. The van der Waals surface area contributed by atoms with Crippen molar-refractivity contribution in [1.82, 2.24) is 0 Å². The second-order valence-electron chi connectivity index (χ2n) is 7.36. The minimum absolute atomic E-state index is 0.867. The largest absolute Gasteiger partial charge is 0.497 e. The maximum atomic E-state index is 5.32. The normalized spacial score (nSPS) is 11.0. The van der Waals surface area contributed by atoms with Gasteiger partial charge in [0.2, 0.25) is 0 Å². The molecule has 0 heterocycles. The smallest absolute Gasteiger partial charge is 0.118 e. The van der Waals surface area contributed by atoms with Crippen LogP contribution in [0.5, 0.6) is 11.5 Å². The topological polar surface area (TPSA) is 18.5 Å². The van der Waals surface area contributed by atoms with Gasteiger partial charge in [0.25, 0.3) is 0 Å². The lowest BCUT2D eigenvalue weighted by molar-refractivity contribution is 0.415. The quantitative estimate of drug-likeness (QED) is 0.299. The van der Waals surface area contributed by atoms with Crippen LogP contribution < -0.4 is 9.47 Å². The Hall–Kier alpha value is -3.78. The third kappa shape index (κ3) is 3.17. The summed E-state index contributed by atoms with van der Waals surface area (Å²) in [7, 11) is 3.39. The number of fused-ring (bicyclic) bond motifs is 2. The van der Waals surface area contributed by atoms with Crippen LogP contribution in [-0.4, -0.2) is 14.2 Å². The van der Waals surface area contributed by atoms with Crippen molar-refractivity contribution < 1.29 is 9.47 Å². The number of rotatable bonds is 4. The molecule has 0 atom stereocenters. The molecule has 0 radical (unpaired) electrons. The predicted octanol–water partition coefficient (Wildman–Crippen LogP) is 7.34. The summed E-state index contributed by atoms with van der Waals surface area (Å²) in [6.07, 6.45) is 0. The summed E-state index contributed by atoms with van der Waals surface area (Å²) in [5.74, 6) is 1.73. The Morgan fingerprint density at radius 2 is 0.900 bits per heavy atom. The molecule has 0 saturated carbocycles. The summed E-state index contributed by atoms with van der Waals surface area (Å²) >= 11 is 0. The van der Waals surface area contributed by atoms with E-state index in [1.165, 1.54) is 43.8 Å². The number of hydrogen-bond donors (Lipinski definition) is 0. The molecule has 0 aliphatic rings. The second kappa shape index (κ2) is 7.57. The van der Waals surface area contributed by atoms with E-state index < -0.39 is 0 Å². The lowest BCUT2D eigenvalue weighted by Crippen LogP contribution is -1.87. The Balaban J connectivity index is 1.73. The van der Waals surface area contributed by atoms with Gasteiger partial charge in [0, 0.05) is 0 Å². The van der Waals surface area contributed by atoms with Crippen LogP contribution in [0.4, 0.5) is 0 Å². The average Bonchev–Trinajstić information content (AvgIpc) is 2.82. The van der Waals surface area contributed by atoms with E-state index in [9.17, 15) is 0 Å². The van der Waals surface area contributed by atoms with Crippen molar-refractivity contribution in [3.05, 3.63) is 97.1 Å². The first-order chi connectivity index (χ1) is 14.8. The van der Waals surface area contributed by atoms with Crippen LogP contribution in [0.1, 0.15) is 0 Å². The van der Waals surface area contributed by atoms with E-state index in [1.807, 2.05) is 24.3 Å². The standard InChI is InChI=1S/C28H22O2/c1-29-23-13-9-19(10-14-23)25-7-3-5-21-17-22-6-4-8-26(28(22)18-27(21)25)20-11-15-24(30-2)16-12-20/h3-18H,1-2H3. The van der Waals surface area contributed by atoms with Crippen LogP contribution in [0.15, 0.2) is 97.1 Å². The zero-order valence-corrected chi connectivity index (χ0v) is 17.1. The Morgan fingerprint density at radius 1 is 0.467 bits per heavy atom. The molecule has 2 heteroatoms. The highest BCUT2D eigenvalue weighted by atomic mass is 16.5. The monoisotopic (exact) mass is 390 g/mol. The van der Waals surface area contributed by atoms with Crippen molar-refractivity contribution >= 4 is 21.5 Å². The van der Waals surface area contributed by atoms with Gasteiger partial charge >= 0.3 is 0 Å². The first-order valence-electron chi connectivity index (χ1n) is 10.0. The minimum Gasteiger partial charge on any atom is -0.497 e. The summed E-state index contributed by atoms with van der Waals surface area (Å²) in [6, 6.07) is 34.1. The van der Waals surface area contributed by atoms with E-state index in [4.69, 9.17) is 9.47 Å². The van der Waals surface area contributed by atoms with E-state index in [-0.39, 0.29) is 0 Å². The maximum absolute atomic E-state index is 5.32. The van der Waals surface area contributed by atoms with Crippen molar-refractivity contribution in [2.45, 2.75) is 0 Å².